The van der Waals surface area contributed by atoms with Gasteiger partial charge in [0.1, 0.15) is 5.69 Å². The molecule has 1 fully saturated rings. The summed E-state index contributed by atoms with van der Waals surface area (Å²) in [6.07, 6.45) is 4.16. The van der Waals surface area contributed by atoms with Crippen molar-refractivity contribution in [1.29, 1.82) is 0 Å². The average molecular weight is 280 g/mol. The average Bonchev–Trinajstić information content (AvgIpc) is 2.73. The SMILES string of the molecule is CCc1nn(C)c(C(=O)N(C)CC2CCCCO2)c1N. The Hall–Kier alpha value is -1.56. The van der Waals surface area contributed by atoms with Crippen LogP contribution in [0.5, 0.6) is 0 Å². The topological polar surface area (TPSA) is 73.4 Å². The zero-order valence-electron chi connectivity index (χ0n) is 12.6. The summed E-state index contributed by atoms with van der Waals surface area (Å²) in [4.78, 5) is 14.2. The maximum atomic E-state index is 12.5. The Bertz CT molecular complexity index is 478. The van der Waals surface area contributed by atoms with Crippen LogP contribution in [0.15, 0.2) is 0 Å². The van der Waals surface area contributed by atoms with Gasteiger partial charge in [-0.3, -0.25) is 9.48 Å². The second-order valence-electron chi connectivity index (χ2n) is 5.36. The van der Waals surface area contributed by atoms with Gasteiger partial charge in [0, 0.05) is 27.2 Å². The highest BCUT2D eigenvalue weighted by Crippen LogP contribution is 2.20. The van der Waals surface area contributed by atoms with E-state index in [1.807, 2.05) is 6.92 Å². The van der Waals surface area contributed by atoms with Crippen LogP contribution in [0.2, 0.25) is 0 Å². The molecule has 1 saturated heterocycles. The maximum absolute atomic E-state index is 12.5. The zero-order chi connectivity index (χ0) is 14.7. The predicted molar refractivity (Wildman–Crippen MR) is 77.5 cm³/mol. The summed E-state index contributed by atoms with van der Waals surface area (Å²) < 4.78 is 7.25. The van der Waals surface area contributed by atoms with Gasteiger partial charge in [0.2, 0.25) is 0 Å². The summed E-state index contributed by atoms with van der Waals surface area (Å²) in [7, 11) is 3.55. The summed E-state index contributed by atoms with van der Waals surface area (Å²) in [6.45, 7) is 3.37. The highest BCUT2D eigenvalue weighted by molar-refractivity contribution is 5.97. The van der Waals surface area contributed by atoms with E-state index in [0.29, 0.717) is 17.9 Å². The lowest BCUT2D eigenvalue weighted by Gasteiger charge is -2.27. The molecular weight excluding hydrogens is 256 g/mol. The van der Waals surface area contributed by atoms with Gasteiger partial charge in [-0.15, -0.1) is 0 Å². The molecule has 0 saturated carbocycles. The first-order valence-electron chi connectivity index (χ1n) is 7.23. The Kier molecular flexibility index (Phi) is 4.65. The van der Waals surface area contributed by atoms with Crippen LogP contribution in [0.25, 0.3) is 0 Å². The van der Waals surface area contributed by atoms with Crippen molar-refractivity contribution in [3.8, 4) is 0 Å². The van der Waals surface area contributed by atoms with Crippen LogP contribution in [0.4, 0.5) is 5.69 Å². The minimum absolute atomic E-state index is 0.0913. The number of carbonyl (C=O) groups is 1. The van der Waals surface area contributed by atoms with E-state index in [1.165, 1.54) is 6.42 Å². The van der Waals surface area contributed by atoms with Gasteiger partial charge in [-0.2, -0.15) is 5.10 Å². The molecule has 0 aromatic carbocycles. The standard InChI is InChI=1S/C14H24N4O2/c1-4-11-12(15)13(18(3)16-11)14(19)17(2)9-10-7-5-6-8-20-10/h10H,4-9,15H2,1-3H3. The molecule has 1 aliphatic rings. The smallest absolute Gasteiger partial charge is 0.274 e. The van der Waals surface area contributed by atoms with Crippen LogP contribution in [0.1, 0.15) is 42.4 Å². The van der Waals surface area contributed by atoms with Gasteiger partial charge in [0.25, 0.3) is 5.91 Å². The van der Waals surface area contributed by atoms with Gasteiger partial charge in [-0.1, -0.05) is 6.92 Å². The van der Waals surface area contributed by atoms with Gasteiger partial charge >= 0.3 is 0 Å². The van der Waals surface area contributed by atoms with Gasteiger partial charge in [0.15, 0.2) is 0 Å². The minimum atomic E-state index is -0.0913. The number of nitrogens with zero attached hydrogens (tertiary/aromatic N) is 3. The van der Waals surface area contributed by atoms with Crippen LogP contribution >= 0.6 is 0 Å². The van der Waals surface area contributed by atoms with Gasteiger partial charge in [0.05, 0.1) is 17.5 Å². The van der Waals surface area contributed by atoms with Crippen LogP contribution < -0.4 is 5.73 Å². The molecule has 6 heteroatoms. The fraction of sp³-hybridized carbons (Fsp3) is 0.714. The molecule has 0 aliphatic carbocycles. The van der Waals surface area contributed by atoms with E-state index in [1.54, 1.807) is 23.7 Å². The number of aryl methyl sites for hydroxylation is 2. The summed E-state index contributed by atoms with van der Waals surface area (Å²) in [6, 6.07) is 0. The summed E-state index contributed by atoms with van der Waals surface area (Å²) in [5, 5.41) is 4.29. The molecule has 1 aliphatic heterocycles. The molecule has 112 valence electrons. The number of aromatic nitrogens is 2. The van der Waals surface area contributed by atoms with Crippen LogP contribution in [-0.2, 0) is 18.2 Å². The minimum Gasteiger partial charge on any atom is -0.395 e. The van der Waals surface area contributed by atoms with E-state index in [4.69, 9.17) is 10.5 Å². The van der Waals surface area contributed by atoms with Gasteiger partial charge in [-0.05, 0) is 25.7 Å². The van der Waals surface area contributed by atoms with Crippen LogP contribution in [0, 0.1) is 0 Å². The number of rotatable bonds is 4. The molecule has 1 amide bonds. The predicted octanol–water partition coefficient (Wildman–Crippen LogP) is 1.21. The summed E-state index contributed by atoms with van der Waals surface area (Å²) in [5.41, 5.74) is 7.77. The van der Waals surface area contributed by atoms with E-state index in [0.717, 1.165) is 31.6 Å². The van der Waals surface area contributed by atoms with Crippen molar-refractivity contribution in [2.24, 2.45) is 7.05 Å². The Labute approximate surface area is 119 Å². The molecule has 0 radical (unpaired) electrons. The van der Waals surface area contributed by atoms with Crippen LogP contribution in [-0.4, -0.2) is 46.9 Å². The van der Waals surface area contributed by atoms with Crippen molar-refractivity contribution < 1.29 is 9.53 Å². The number of hydrogen-bond acceptors (Lipinski definition) is 4. The Morgan fingerprint density at radius 3 is 2.85 bits per heavy atom. The molecule has 2 heterocycles. The molecule has 2 N–H and O–H groups in total. The van der Waals surface area contributed by atoms with Crippen molar-refractivity contribution >= 4 is 11.6 Å². The first-order chi connectivity index (χ1) is 9.54. The fourth-order valence-corrected chi connectivity index (χ4v) is 2.63. The number of ether oxygens (including phenoxy) is 1. The highest BCUT2D eigenvalue weighted by atomic mass is 16.5. The number of anilines is 1. The number of nitrogens with two attached hydrogens (primary N) is 1. The number of carbonyl (C=O) groups excluding carboxylic acids is 1. The monoisotopic (exact) mass is 280 g/mol. The molecule has 0 spiro atoms. The number of amides is 1. The number of nitrogen functional groups attached to an aromatic ring is 1. The third-order valence-corrected chi connectivity index (χ3v) is 3.80. The van der Waals surface area contributed by atoms with Crippen LogP contribution in [0.3, 0.4) is 0 Å². The number of likely N-dealkylation sites (N-methyl/N-ethyl adjacent to an activating group) is 1. The molecular formula is C14H24N4O2. The molecule has 1 atom stereocenters. The first kappa shape index (κ1) is 14.8. The Morgan fingerprint density at radius 2 is 2.30 bits per heavy atom. The quantitative estimate of drug-likeness (QED) is 0.899. The van der Waals surface area contributed by atoms with E-state index >= 15 is 0 Å². The van der Waals surface area contributed by atoms with Crippen molar-refractivity contribution in [3.63, 3.8) is 0 Å². The third-order valence-electron chi connectivity index (χ3n) is 3.80. The lowest BCUT2D eigenvalue weighted by molar-refractivity contribution is -0.000361. The normalized spacial score (nSPS) is 19.1. The maximum Gasteiger partial charge on any atom is 0.274 e. The second-order valence-corrected chi connectivity index (χ2v) is 5.36. The first-order valence-corrected chi connectivity index (χ1v) is 7.23. The van der Waals surface area contributed by atoms with E-state index in [2.05, 4.69) is 5.10 Å². The van der Waals surface area contributed by atoms with Crippen molar-refractivity contribution in [2.75, 3.05) is 25.9 Å². The Morgan fingerprint density at radius 1 is 1.55 bits per heavy atom. The number of hydrogen-bond donors (Lipinski definition) is 1. The molecule has 20 heavy (non-hydrogen) atoms. The highest BCUT2D eigenvalue weighted by Gasteiger charge is 2.25. The molecule has 6 nitrogen and oxygen atoms in total. The molecule has 2 rings (SSSR count). The van der Waals surface area contributed by atoms with E-state index in [9.17, 15) is 4.79 Å². The second kappa shape index (κ2) is 6.26. The summed E-state index contributed by atoms with van der Waals surface area (Å²) >= 11 is 0. The van der Waals surface area contributed by atoms with E-state index in [-0.39, 0.29) is 12.0 Å². The van der Waals surface area contributed by atoms with Crippen molar-refractivity contribution in [1.82, 2.24) is 14.7 Å². The molecule has 1 unspecified atom stereocenters. The van der Waals surface area contributed by atoms with Crippen molar-refractivity contribution in [3.05, 3.63) is 11.4 Å². The van der Waals surface area contributed by atoms with Gasteiger partial charge in [-0.25, -0.2) is 0 Å². The lowest BCUT2D eigenvalue weighted by atomic mass is 10.1. The molecule has 1 aromatic heterocycles. The van der Waals surface area contributed by atoms with E-state index < -0.39 is 0 Å². The molecule has 1 aromatic rings. The van der Waals surface area contributed by atoms with Gasteiger partial charge < -0.3 is 15.4 Å². The lowest BCUT2D eigenvalue weighted by Crippen LogP contribution is -2.38. The molecule has 0 bridgehead atoms. The fourth-order valence-electron chi connectivity index (χ4n) is 2.63. The summed E-state index contributed by atoms with van der Waals surface area (Å²) in [5.74, 6) is -0.0913. The Balaban J connectivity index is 2.08. The zero-order valence-corrected chi connectivity index (χ0v) is 12.6. The largest absolute Gasteiger partial charge is 0.395 e. The van der Waals surface area contributed by atoms with Crippen molar-refractivity contribution in [2.45, 2.75) is 38.7 Å². The third kappa shape index (κ3) is 2.95.